The molecule has 1 N–H and O–H groups in total. The van der Waals surface area contributed by atoms with E-state index >= 15 is 0 Å². The van der Waals surface area contributed by atoms with E-state index < -0.39 is 0 Å². The zero-order valence-electron chi connectivity index (χ0n) is 14.7. The third-order valence-corrected chi connectivity index (χ3v) is 5.37. The largest absolute Gasteiger partial charge is 0.373 e. The number of nitrogens with one attached hydrogen (secondary N) is 1. The molecule has 130 valence electrons. The topological polar surface area (TPSA) is 33.1 Å². The minimum Gasteiger partial charge on any atom is -0.373 e. The van der Waals surface area contributed by atoms with Crippen LogP contribution in [-0.4, -0.2) is 35.1 Å². The molecule has 0 bridgehead atoms. The van der Waals surface area contributed by atoms with Crippen molar-refractivity contribution in [1.82, 2.24) is 14.5 Å². The molecule has 3 heterocycles. The van der Waals surface area contributed by atoms with Gasteiger partial charge in [0.2, 0.25) is 0 Å². The van der Waals surface area contributed by atoms with Crippen molar-refractivity contribution in [2.45, 2.75) is 25.9 Å². The van der Waals surface area contributed by atoms with Crippen molar-refractivity contribution in [2.75, 3.05) is 26.0 Å². The molecule has 0 radical (unpaired) electrons. The van der Waals surface area contributed by atoms with E-state index in [0.29, 0.717) is 0 Å². The summed E-state index contributed by atoms with van der Waals surface area (Å²) in [7, 11) is 4.11. The Labute approximate surface area is 153 Å². The average molecular weight is 355 g/mol. The predicted octanol–water partition coefficient (Wildman–Crippen LogP) is 3.96. The number of fused-ring (bicyclic) bond motifs is 3. The number of benzene rings is 1. The number of aryl methyl sites for hydroxylation is 2. The molecule has 0 spiro atoms. The highest BCUT2D eigenvalue weighted by Crippen LogP contribution is 2.32. The molecule has 25 heavy (non-hydrogen) atoms. The van der Waals surface area contributed by atoms with Gasteiger partial charge in [-0.2, -0.15) is 0 Å². The normalized spacial score (nSPS) is 14.7. The fourth-order valence-electron chi connectivity index (χ4n) is 3.91. The van der Waals surface area contributed by atoms with Gasteiger partial charge in [-0.25, -0.2) is 4.98 Å². The van der Waals surface area contributed by atoms with Gasteiger partial charge in [-0.15, -0.1) is 0 Å². The molecular formula is C20H23ClN4. The Hall–Kier alpha value is -2.04. The number of hydrogen-bond acceptors (Lipinski definition) is 3. The van der Waals surface area contributed by atoms with E-state index in [-0.39, 0.29) is 0 Å². The van der Waals surface area contributed by atoms with Crippen LogP contribution in [0.3, 0.4) is 0 Å². The highest BCUT2D eigenvalue weighted by molar-refractivity contribution is 6.31. The van der Waals surface area contributed by atoms with Crippen LogP contribution in [0, 0.1) is 0 Å². The summed E-state index contributed by atoms with van der Waals surface area (Å²) >= 11 is 6.28. The summed E-state index contributed by atoms with van der Waals surface area (Å²) in [6.45, 7) is 3.05. The molecular weight excluding hydrogens is 332 g/mol. The van der Waals surface area contributed by atoms with Crippen molar-refractivity contribution in [1.29, 1.82) is 0 Å². The van der Waals surface area contributed by atoms with Crippen molar-refractivity contribution >= 4 is 28.3 Å². The van der Waals surface area contributed by atoms with Crippen LogP contribution >= 0.6 is 11.6 Å². The monoisotopic (exact) mass is 354 g/mol. The summed E-state index contributed by atoms with van der Waals surface area (Å²) in [5.41, 5.74) is 5.44. The highest BCUT2D eigenvalue weighted by Gasteiger charge is 2.22. The first-order chi connectivity index (χ1) is 12.2. The third-order valence-electron chi connectivity index (χ3n) is 5.14. The lowest BCUT2D eigenvalue weighted by Crippen LogP contribution is -2.27. The molecule has 4 nitrogen and oxygen atoms in total. The average Bonchev–Trinajstić information content (AvgIpc) is 2.92. The number of nitrogens with zero attached hydrogens (tertiary/aromatic N) is 3. The third kappa shape index (κ3) is 3.00. The molecule has 1 aliphatic rings. The van der Waals surface area contributed by atoms with Crippen LogP contribution in [0.4, 0.5) is 5.82 Å². The summed E-state index contributed by atoms with van der Waals surface area (Å²) in [6, 6.07) is 10.4. The van der Waals surface area contributed by atoms with Gasteiger partial charge in [0, 0.05) is 60.9 Å². The van der Waals surface area contributed by atoms with Crippen molar-refractivity contribution in [3.8, 4) is 0 Å². The second-order valence-corrected chi connectivity index (χ2v) is 7.17. The van der Waals surface area contributed by atoms with Crippen LogP contribution in [0.25, 0.3) is 10.9 Å². The number of halogens is 1. The molecule has 4 rings (SSSR count). The smallest absolute Gasteiger partial charge is 0.128 e. The zero-order chi connectivity index (χ0) is 17.4. The first-order valence-corrected chi connectivity index (χ1v) is 9.15. The lowest BCUT2D eigenvalue weighted by molar-refractivity contribution is 0.309. The Morgan fingerprint density at radius 1 is 1.28 bits per heavy atom. The lowest BCUT2D eigenvalue weighted by atomic mass is 10.1. The summed E-state index contributed by atoms with van der Waals surface area (Å²) in [4.78, 5) is 6.81. The molecule has 1 aliphatic heterocycles. The minimum atomic E-state index is 0.811. The Bertz CT molecular complexity index is 915. The Kier molecular flexibility index (Phi) is 4.40. The van der Waals surface area contributed by atoms with E-state index in [2.05, 4.69) is 45.0 Å². The van der Waals surface area contributed by atoms with E-state index in [9.17, 15) is 0 Å². The molecule has 0 unspecified atom stereocenters. The number of likely N-dealkylation sites (N-methyl/N-ethyl adjacent to an activating group) is 1. The van der Waals surface area contributed by atoms with Crippen LogP contribution in [0.2, 0.25) is 5.02 Å². The maximum Gasteiger partial charge on any atom is 0.128 e. The van der Waals surface area contributed by atoms with Crippen LogP contribution in [0.1, 0.15) is 16.8 Å². The molecule has 0 saturated heterocycles. The van der Waals surface area contributed by atoms with E-state index in [0.717, 1.165) is 43.3 Å². The molecule has 0 fully saturated rings. The van der Waals surface area contributed by atoms with E-state index in [4.69, 9.17) is 11.6 Å². The number of rotatable bonds is 4. The molecule has 5 heteroatoms. The molecule has 1 aromatic carbocycles. The van der Waals surface area contributed by atoms with Crippen LogP contribution in [0.5, 0.6) is 0 Å². The van der Waals surface area contributed by atoms with E-state index in [1.165, 1.54) is 27.7 Å². The fourth-order valence-corrected chi connectivity index (χ4v) is 4.08. The van der Waals surface area contributed by atoms with Crippen molar-refractivity contribution in [3.05, 3.63) is 58.4 Å². The van der Waals surface area contributed by atoms with Gasteiger partial charge in [0.1, 0.15) is 5.82 Å². The van der Waals surface area contributed by atoms with Gasteiger partial charge in [-0.1, -0.05) is 17.7 Å². The van der Waals surface area contributed by atoms with Gasteiger partial charge in [0.25, 0.3) is 0 Å². The summed E-state index contributed by atoms with van der Waals surface area (Å²) < 4.78 is 2.49. The number of pyridine rings is 1. The van der Waals surface area contributed by atoms with E-state index in [1.807, 2.05) is 25.4 Å². The first kappa shape index (κ1) is 16.4. The predicted molar refractivity (Wildman–Crippen MR) is 104 cm³/mol. The van der Waals surface area contributed by atoms with Crippen molar-refractivity contribution in [3.63, 3.8) is 0 Å². The van der Waals surface area contributed by atoms with Gasteiger partial charge in [0.15, 0.2) is 0 Å². The first-order valence-electron chi connectivity index (χ1n) is 8.77. The fraction of sp³-hybridized carbons (Fsp3) is 0.350. The quantitative estimate of drug-likeness (QED) is 0.769. The standard InChI is InChI=1S/C20H23ClN4/c1-22-20-14(4-3-9-23-20)7-11-25-18-6-5-15(21)12-16(18)17-13-24(2)10-8-19(17)25/h3-6,9,12H,7-8,10-11,13H2,1-2H3,(H,22,23). The van der Waals surface area contributed by atoms with Crippen LogP contribution in [-0.2, 0) is 25.9 Å². The van der Waals surface area contributed by atoms with Crippen LogP contribution < -0.4 is 5.32 Å². The van der Waals surface area contributed by atoms with Gasteiger partial charge >= 0.3 is 0 Å². The second kappa shape index (κ2) is 6.70. The van der Waals surface area contributed by atoms with Crippen molar-refractivity contribution < 1.29 is 0 Å². The Morgan fingerprint density at radius 3 is 3.00 bits per heavy atom. The van der Waals surface area contributed by atoms with Gasteiger partial charge in [0.05, 0.1) is 0 Å². The van der Waals surface area contributed by atoms with Gasteiger partial charge in [-0.05, 0) is 48.9 Å². The zero-order valence-corrected chi connectivity index (χ0v) is 15.5. The summed E-state index contributed by atoms with van der Waals surface area (Å²) in [5.74, 6) is 0.968. The molecule has 0 saturated carbocycles. The van der Waals surface area contributed by atoms with Crippen molar-refractivity contribution in [2.24, 2.45) is 0 Å². The molecule has 0 atom stereocenters. The number of hydrogen-bond donors (Lipinski definition) is 1. The summed E-state index contributed by atoms with van der Waals surface area (Å²) in [5, 5.41) is 5.30. The summed E-state index contributed by atoms with van der Waals surface area (Å²) in [6.07, 6.45) is 3.88. The molecule has 2 aromatic heterocycles. The minimum absolute atomic E-state index is 0.811. The second-order valence-electron chi connectivity index (χ2n) is 6.74. The van der Waals surface area contributed by atoms with Gasteiger partial charge < -0.3 is 14.8 Å². The SMILES string of the molecule is CNc1ncccc1CCn1c2c(c3cc(Cl)ccc31)CN(C)CC2. The lowest BCUT2D eigenvalue weighted by Gasteiger charge is -2.24. The van der Waals surface area contributed by atoms with E-state index in [1.54, 1.807) is 0 Å². The highest BCUT2D eigenvalue weighted by atomic mass is 35.5. The molecule has 0 amide bonds. The molecule has 0 aliphatic carbocycles. The molecule has 3 aromatic rings. The number of anilines is 1. The van der Waals surface area contributed by atoms with Crippen LogP contribution in [0.15, 0.2) is 36.5 Å². The maximum atomic E-state index is 6.28. The maximum absolute atomic E-state index is 6.28. The Morgan fingerprint density at radius 2 is 2.16 bits per heavy atom. The number of aromatic nitrogens is 2. The Balaban J connectivity index is 1.74. The van der Waals surface area contributed by atoms with Gasteiger partial charge in [-0.3, -0.25) is 0 Å².